The number of rotatable bonds is 6. The highest BCUT2D eigenvalue weighted by Crippen LogP contribution is 2.14. The summed E-state index contributed by atoms with van der Waals surface area (Å²) in [7, 11) is 0. The summed E-state index contributed by atoms with van der Waals surface area (Å²) in [4.78, 5) is 22.9. The number of anilines is 2. The number of hydrogen-bond donors (Lipinski definition) is 2. The molecule has 8 heteroatoms. The number of benzene rings is 1. The van der Waals surface area contributed by atoms with Crippen LogP contribution in [0, 0.1) is 11.3 Å². The Morgan fingerprint density at radius 2 is 2.15 bits per heavy atom. The smallest absolute Gasteiger partial charge is 0.270 e. The molecule has 2 N–H and O–H groups in total. The average Bonchev–Trinajstić information content (AvgIpc) is 2.69. The molecule has 26 heavy (non-hydrogen) atoms. The second-order valence-electron chi connectivity index (χ2n) is 5.79. The van der Waals surface area contributed by atoms with Crippen molar-refractivity contribution in [3.63, 3.8) is 0 Å². The summed E-state index contributed by atoms with van der Waals surface area (Å²) in [6, 6.07) is 10.6. The van der Waals surface area contributed by atoms with Gasteiger partial charge in [0.05, 0.1) is 24.8 Å². The van der Waals surface area contributed by atoms with Gasteiger partial charge in [0, 0.05) is 38.1 Å². The maximum atomic E-state index is 12.3. The summed E-state index contributed by atoms with van der Waals surface area (Å²) < 4.78 is 5.30. The Balaban J connectivity index is 1.55. The summed E-state index contributed by atoms with van der Waals surface area (Å²) in [5.41, 5.74) is 1.52. The molecule has 1 saturated heterocycles. The highest BCUT2D eigenvalue weighted by Gasteiger charge is 2.12. The van der Waals surface area contributed by atoms with Crippen molar-refractivity contribution in [2.24, 2.45) is 0 Å². The van der Waals surface area contributed by atoms with Crippen LogP contribution in [-0.4, -0.2) is 60.2 Å². The number of nitrogens with zero attached hydrogens (tertiary/aromatic N) is 4. The topological polar surface area (TPSA) is 103 Å². The number of nitriles is 1. The van der Waals surface area contributed by atoms with Gasteiger partial charge in [-0.3, -0.25) is 9.69 Å². The van der Waals surface area contributed by atoms with Crippen molar-refractivity contribution >= 4 is 17.5 Å². The molecule has 0 atom stereocenters. The SMILES string of the molecule is N#Cc1cccc(Nc2nccc(C(=O)NCCN3CCOCC3)n2)c1. The zero-order valence-electron chi connectivity index (χ0n) is 14.3. The molecule has 3 rings (SSSR count). The van der Waals surface area contributed by atoms with Gasteiger partial charge < -0.3 is 15.4 Å². The highest BCUT2D eigenvalue weighted by molar-refractivity contribution is 5.92. The second kappa shape index (κ2) is 8.89. The third kappa shape index (κ3) is 4.99. The molecule has 0 spiro atoms. The van der Waals surface area contributed by atoms with Crippen LogP contribution < -0.4 is 10.6 Å². The van der Waals surface area contributed by atoms with E-state index in [-0.39, 0.29) is 5.91 Å². The van der Waals surface area contributed by atoms with E-state index in [1.54, 1.807) is 30.3 Å². The molecule has 1 aliphatic rings. The molecule has 8 nitrogen and oxygen atoms in total. The summed E-state index contributed by atoms with van der Waals surface area (Å²) >= 11 is 0. The van der Waals surface area contributed by atoms with Crippen molar-refractivity contribution in [3.8, 4) is 6.07 Å². The minimum Gasteiger partial charge on any atom is -0.379 e. The van der Waals surface area contributed by atoms with E-state index in [0.717, 1.165) is 32.8 Å². The Bertz CT molecular complexity index is 798. The monoisotopic (exact) mass is 352 g/mol. The van der Waals surface area contributed by atoms with Crippen molar-refractivity contribution in [3.05, 3.63) is 47.8 Å². The zero-order valence-corrected chi connectivity index (χ0v) is 14.3. The molecule has 0 bridgehead atoms. The first-order chi connectivity index (χ1) is 12.7. The lowest BCUT2D eigenvalue weighted by Gasteiger charge is -2.26. The average molecular weight is 352 g/mol. The maximum Gasteiger partial charge on any atom is 0.270 e. The molecular formula is C18H20N6O2. The van der Waals surface area contributed by atoms with Crippen LogP contribution in [0.25, 0.3) is 0 Å². The molecule has 0 aliphatic carbocycles. The number of aromatic nitrogens is 2. The first-order valence-corrected chi connectivity index (χ1v) is 8.43. The minimum absolute atomic E-state index is 0.241. The van der Waals surface area contributed by atoms with Crippen LogP contribution in [-0.2, 0) is 4.74 Å². The van der Waals surface area contributed by atoms with Crippen LogP contribution in [0.4, 0.5) is 11.6 Å². The number of carbonyl (C=O) groups excluding carboxylic acids is 1. The van der Waals surface area contributed by atoms with E-state index < -0.39 is 0 Å². The van der Waals surface area contributed by atoms with E-state index in [1.165, 1.54) is 6.20 Å². The summed E-state index contributed by atoms with van der Waals surface area (Å²) in [5, 5.41) is 14.8. The van der Waals surface area contributed by atoms with E-state index in [4.69, 9.17) is 10.00 Å². The van der Waals surface area contributed by atoms with Crippen molar-refractivity contribution in [1.82, 2.24) is 20.2 Å². The number of carbonyl (C=O) groups is 1. The molecule has 1 fully saturated rings. The van der Waals surface area contributed by atoms with E-state index in [1.807, 2.05) is 0 Å². The second-order valence-corrected chi connectivity index (χ2v) is 5.79. The predicted octanol–water partition coefficient (Wildman–Crippen LogP) is 1.15. The molecule has 1 aromatic heterocycles. The van der Waals surface area contributed by atoms with Gasteiger partial charge in [0.2, 0.25) is 5.95 Å². The Morgan fingerprint density at radius 3 is 2.96 bits per heavy atom. The van der Waals surface area contributed by atoms with Gasteiger partial charge in [-0.15, -0.1) is 0 Å². The van der Waals surface area contributed by atoms with Gasteiger partial charge in [-0.1, -0.05) is 6.07 Å². The van der Waals surface area contributed by atoms with E-state index >= 15 is 0 Å². The van der Waals surface area contributed by atoms with Gasteiger partial charge in [0.1, 0.15) is 5.69 Å². The van der Waals surface area contributed by atoms with Crippen LogP contribution in [0.3, 0.4) is 0 Å². The molecule has 0 saturated carbocycles. The lowest BCUT2D eigenvalue weighted by molar-refractivity contribution is 0.0383. The fourth-order valence-corrected chi connectivity index (χ4v) is 2.58. The fraction of sp³-hybridized carbons (Fsp3) is 0.333. The molecule has 2 heterocycles. The molecular weight excluding hydrogens is 332 g/mol. The Kier molecular flexibility index (Phi) is 6.09. The van der Waals surface area contributed by atoms with Crippen molar-refractivity contribution in [2.45, 2.75) is 0 Å². The number of morpholine rings is 1. The summed E-state index contributed by atoms with van der Waals surface area (Å²) in [6.45, 7) is 4.59. The van der Waals surface area contributed by atoms with Gasteiger partial charge in [-0.05, 0) is 24.3 Å². The molecule has 1 aliphatic heterocycles. The summed E-state index contributed by atoms with van der Waals surface area (Å²) in [6.07, 6.45) is 1.53. The summed E-state index contributed by atoms with van der Waals surface area (Å²) in [5.74, 6) is 0.0652. The van der Waals surface area contributed by atoms with Gasteiger partial charge in [0.25, 0.3) is 5.91 Å². The lowest BCUT2D eigenvalue weighted by atomic mass is 10.2. The van der Waals surface area contributed by atoms with Gasteiger partial charge >= 0.3 is 0 Å². The number of amides is 1. The number of nitrogens with one attached hydrogen (secondary N) is 2. The third-order valence-electron chi connectivity index (χ3n) is 3.95. The van der Waals surface area contributed by atoms with Crippen molar-refractivity contribution in [1.29, 1.82) is 5.26 Å². The predicted molar refractivity (Wildman–Crippen MR) is 96.1 cm³/mol. The lowest BCUT2D eigenvalue weighted by Crippen LogP contribution is -2.41. The van der Waals surface area contributed by atoms with E-state index in [2.05, 4.69) is 31.6 Å². The first-order valence-electron chi connectivity index (χ1n) is 8.43. The Morgan fingerprint density at radius 1 is 1.31 bits per heavy atom. The Hall–Kier alpha value is -3.02. The molecule has 134 valence electrons. The van der Waals surface area contributed by atoms with Crippen LogP contribution in [0.1, 0.15) is 16.1 Å². The quantitative estimate of drug-likeness (QED) is 0.804. The van der Waals surface area contributed by atoms with Crippen LogP contribution in [0.15, 0.2) is 36.5 Å². The highest BCUT2D eigenvalue weighted by atomic mass is 16.5. The fourth-order valence-electron chi connectivity index (χ4n) is 2.58. The van der Waals surface area contributed by atoms with Crippen LogP contribution in [0.5, 0.6) is 0 Å². The zero-order chi connectivity index (χ0) is 18.2. The molecule has 1 amide bonds. The van der Waals surface area contributed by atoms with Crippen LogP contribution in [0.2, 0.25) is 0 Å². The minimum atomic E-state index is -0.241. The molecule has 1 aromatic carbocycles. The standard InChI is InChI=1S/C18H20N6O2/c19-13-14-2-1-3-15(12-14)22-18-21-5-4-16(23-18)17(25)20-6-7-24-8-10-26-11-9-24/h1-5,12H,6-11H2,(H,20,25)(H,21,22,23). The maximum absolute atomic E-state index is 12.3. The largest absolute Gasteiger partial charge is 0.379 e. The first kappa shape index (κ1) is 17.8. The van der Waals surface area contributed by atoms with E-state index in [0.29, 0.717) is 29.4 Å². The van der Waals surface area contributed by atoms with Crippen LogP contribution >= 0.6 is 0 Å². The number of hydrogen-bond acceptors (Lipinski definition) is 7. The van der Waals surface area contributed by atoms with Gasteiger partial charge in [-0.2, -0.15) is 5.26 Å². The third-order valence-corrected chi connectivity index (χ3v) is 3.95. The van der Waals surface area contributed by atoms with Gasteiger partial charge in [-0.25, -0.2) is 9.97 Å². The Labute approximate surface area is 151 Å². The van der Waals surface area contributed by atoms with E-state index in [9.17, 15) is 4.79 Å². The molecule has 2 aromatic rings. The molecule has 0 unspecified atom stereocenters. The normalized spacial score (nSPS) is 14.4. The van der Waals surface area contributed by atoms with Crippen molar-refractivity contribution in [2.75, 3.05) is 44.7 Å². The van der Waals surface area contributed by atoms with Crippen molar-refractivity contribution < 1.29 is 9.53 Å². The van der Waals surface area contributed by atoms with Gasteiger partial charge in [0.15, 0.2) is 0 Å². The molecule has 0 radical (unpaired) electrons. The number of ether oxygens (including phenoxy) is 1.